The number of benzene rings is 1. The van der Waals surface area contributed by atoms with E-state index in [1.165, 1.54) is 17.4 Å². The molecule has 0 aliphatic carbocycles. The van der Waals surface area contributed by atoms with Gasteiger partial charge in [-0.05, 0) is 29.7 Å². The van der Waals surface area contributed by atoms with Gasteiger partial charge in [-0.3, -0.25) is 9.20 Å². The van der Waals surface area contributed by atoms with E-state index in [0.717, 1.165) is 26.8 Å². The minimum Gasteiger partial charge on any atom is -0.338 e. The van der Waals surface area contributed by atoms with Gasteiger partial charge in [0.2, 0.25) is 5.91 Å². The van der Waals surface area contributed by atoms with Gasteiger partial charge in [0.25, 0.3) is 0 Å². The fourth-order valence-corrected chi connectivity index (χ4v) is 5.15. The number of thiazole rings is 1. The van der Waals surface area contributed by atoms with Gasteiger partial charge in [-0.25, -0.2) is 9.67 Å². The highest BCUT2D eigenvalue weighted by Gasteiger charge is 2.17. The Labute approximate surface area is 197 Å². The summed E-state index contributed by atoms with van der Waals surface area (Å²) in [6.07, 6.45) is 7.11. The first-order valence-electron chi connectivity index (χ1n) is 9.82. The summed E-state index contributed by atoms with van der Waals surface area (Å²) in [6, 6.07) is 14.0. The number of amides is 1. The standard InChI is InChI=1S/C23H18ClN5OS2/c1-27(20(30)10-9-18-22(24)25-23-28(18)11-13-32-23)14-16-15-29(17-6-3-2-4-7-17)26-21(16)19-8-5-12-31-19/h2-13,15H,14H2,1H3/b10-9+. The Morgan fingerprint density at radius 2 is 2.00 bits per heavy atom. The van der Waals surface area contributed by atoms with Crippen LogP contribution < -0.4 is 0 Å². The molecule has 0 aliphatic rings. The number of rotatable bonds is 6. The molecule has 9 heteroatoms. The number of carbonyl (C=O) groups excluding carboxylic acids is 1. The third kappa shape index (κ3) is 4.00. The Hall–Kier alpha value is -3.20. The van der Waals surface area contributed by atoms with Gasteiger partial charge in [0, 0.05) is 43.0 Å². The van der Waals surface area contributed by atoms with Gasteiger partial charge in [-0.1, -0.05) is 35.9 Å². The average Bonchev–Trinajstić information content (AvgIpc) is 3.58. The molecule has 0 saturated heterocycles. The summed E-state index contributed by atoms with van der Waals surface area (Å²) in [5.74, 6) is -0.129. The number of nitrogens with zero attached hydrogens (tertiary/aromatic N) is 5. The number of carbonyl (C=O) groups is 1. The number of thiophene rings is 1. The van der Waals surface area contributed by atoms with Crippen molar-refractivity contribution in [3.63, 3.8) is 0 Å². The molecule has 4 heterocycles. The van der Waals surface area contributed by atoms with E-state index >= 15 is 0 Å². The molecular weight excluding hydrogens is 462 g/mol. The number of para-hydroxylation sites is 1. The molecule has 4 aromatic heterocycles. The van der Waals surface area contributed by atoms with Crippen LogP contribution in [-0.2, 0) is 11.3 Å². The molecule has 0 radical (unpaired) electrons. The first-order chi connectivity index (χ1) is 15.6. The van der Waals surface area contributed by atoms with Crippen molar-refractivity contribution in [2.45, 2.75) is 6.54 Å². The van der Waals surface area contributed by atoms with Crippen molar-refractivity contribution in [2.75, 3.05) is 7.05 Å². The molecule has 6 nitrogen and oxygen atoms in total. The third-order valence-electron chi connectivity index (χ3n) is 4.99. The summed E-state index contributed by atoms with van der Waals surface area (Å²) in [7, 11) is 1.78. The lowest BCUT2D eigenvalue weighted by atomic mass is 10.2. The van der Waals surface area contributed by atoms with E-state index < -0.39 is 0 Å². The van der Waals surface area contributed by atoms with Crippen molar-refractivity contribution in [1.29, 1.82) is 0 Å². The molecule has 0 atom stereocenters. The van der Waals surface area contributed by atoms with E-state index in [9.17, 15) is 4.79 Å². The topological polar surface area (TPSA) is 55.4 Å². The zero-order valence-corrected chi connectivity index (χ0v) is 19.4. The van der Waals surface area contributed by atoms with E-state index in [1.54, 1.807) is 29.4 Å². The maximum Gasteiger partial charge on any atom is 0.246 e. The first-order valence-corrected chi connectivity index (χ1v) is 12.0. The van der Waals surface area contributed by atoms with Crippen LogP contribution in [0.1, 0.15) is 11.3 Å². The monoisotopic (exact) mass is 479 g/mol. The molecule has 0 aliphatic heterocycles. The van der Waals surface area contributed by atoms with Crippen LogP contribution in [-0.4, -0.2) is 37.0 Å². The first kappa shape index (κ1) is 20.7. The van der Waals surface area contributed by atoms with E-state index in [0.29, 0.717) is 17.4 Å². The van der Waals surface area contributed by atoms with Crippen molar-refractivity contribution in [3.05, 3.63) is 88.1 Å². The summed E-state index contributed by atoms with van der Waals surface area (Å²) in [4.78, 5) is 20.7. The largest absolute Gasteiger partial charge is 0.338 e. The summed E-state index contributed by atoms with van der Waals surface area (Å²) >= 11 is 9.35. The van der Waals surface area contributed by atoms with Gasteiger partial charge in [0.05, 0.1) is 16.3 Å². The lowest BCUT2D eigenvalue weighted by molar-refractivity contribution is -0.125. The minimum absolute atomic E-state index is 0.129. The molecule has 32 heavy (non-hydrogen) atoms. The highest BCUT2D eigenvalue weighted by molar-refractivity contribution is 7.15. The SMILES string of the molecule is CN(Cc1cn(-c2ccccc2)nc1-c1cccs1)C(=O)/C=C/c1c(Cl)nc2sccn12. The van der Waals surface area contributed by atoms with Gasteiger partial charge >= 0.3 is 0 Å². The van der Waals surface area contributed by atoms with Crippen molar-refractivity contribution >= 4 is 51.2 Å². The Morgan fingerprint density at radius 3 is 2.78 bits per heavy atom. The molecule has 0 fully saturated rings. The quantitative estimate of drug-likeness (QED) is 0.296. The summed E-state index contributed by atoms with van der Waals surface area (Å²) in [5, 5.41) is 9.14. The maximum atomic E-state index is 12.8. The Kier molecular flexibility index (Phi) is 5.65. The molecule has 0 bridgehead atoms. The van der Waals surface area contributed by atoms with E-state index in [-0.39, 0.29) is 5.91 Å². The average molecular weight is 480 g/mol. The number of aromatic nitrogens is 4. The zero-order valence-electron chi connectivity index (χ0n) is 17.1. The second-order valence-corrected chi connectivity index (χ2v) is 9.31. The molecule has 0 saturated carbocycles. The fraction of sp³-hybridized carbons (Fsp3) is 0.0870. The van der Waals surface area contributed by atoms with E-state index in [4.69, 9.17) is 16.7 Å². The number of halogens is 1. The smallest absolute Gasteiger partial charge is 0.246 e. The lowest BCUT2D eigenvalue weighted by Crippen LogP contribution is -2.24. The molecule has 0 unspecified atom stereocenters. The highest BCUT2D eigenvalue weighted by atomic mass is 35.5. The molecular formula is C23H18ClN5OS2. The van der Waals surface area contributed by atoms with Crippen LogP contribution in [0.5, 0.6) is 0 Å². The van der Waals surface area contributed by atoms with Crippen LogP contribution >= 0.6 is 34.3 Å². The van der Waals surface area contributed by atoms with Crippen LogP contribution in [0.4, 0.5) is 0 Å². The summed E-state index contributed by atoms with van der Waals surface area (Å²) in [5.41, 5.74) is 3.52. The normalized spacial score (nSPS) is 11.6. The second-order valence-electron chi connectivity index (χ2n) is 7.13. The molecule has 160 valence electrons. The molecule has 5 aromatic rings. The lowest BCUT2D eigenvalue weighted by Gasteiger charge is -2.14. The van der Waals surface area contributed by atoms with Crippen LogP contribution in [0, 0.1) is 0 Å². The molecule has 0 spiro atoms. The number of hydrogen-bond acceptors (Lipinski definition) is 5. The van der Waals surface area contributed by atoms with Crippen LogP contribution in [0.3, 0.4) is 0 Å². The fourth-order valence-electron chi connectivity index (χ4n) is 3.40. The van der Waals surface area contributed by atoms with Gasteiger partial charge < -0.3 is 4.90 Å². The molecule has 5 rings (SSSR count). The maximum absolute atomic E-state index is 12.8. The zero-order chi connectivity index (χ0) is 22.1. The van der Waals surface area contributed by atoms with Crippen LogP contribution in [0.25, 0.3) is 27.3 Å². The predicted molar refractivity (Wildman–Crippen MR) is 130 cm³/mol. The second kappa shape index (κ2) is 8.74. The van der Waals surface area contributed by atoms with E-state index in [2.05, 4.69) is 4.98 Å². The van der Waals surface area contributed by atoms with Crippen molar-refractivity contribution in [1.82, 2.24) is 24.1 Å². The summed E-state index contributed by atoms with van der Waals surface area (Å²) in [6.45, 7) is 0.428. The van der Waals surface area contributed by atoms with Crippen molar-refractivity contribution in [2.24, 2.45) is 0 Å². The molecule has 0 N–H and O–H groups in total. The van der Waals surface area contributed by atoms with Crippen LogP contribution in [0.15, 0.2) is 71.7 Å². The Balaban J connectivity index is 1.40. The Morgan fingerprint density at radius 1 is 1.16 bits per heavy atom. The van der Waals surface area contributed by atoms with E-state index in [1.807, 2.05) is 74.7 Å². The number of fused-ring (bicyclic) bond motifs is 1. The van der Waals surface area contributed by atoms with Gasteiger partial charge in [0.1, 0.15) is 5.69 Å². The highest BCUT2D eigenvalue weighted by Crippen LogP contribution is 2.29. The number of imidazole rings is 1. The van der Waals surface area contributed by atoms with Crippen molar-refractivity contribution < 1.29 is 4.79 Å². The summed E-state index contributed by atoms with van der Waals surface area (Å²) < 4.78 is 3.73. The third-order valence-corrected chi connectivity index (χ3v) is 6.90. The Bertz CT molecular complexity index is 1400. The van der Waals surface area contributed by atoms with Gasteiger partial charge in [-0.2, -0.15) is 5.10 Å². The van der Waals surface area contributed by atoms with Gasteiger partial charge in [0.15, 0.2) is 10.1 Å². The van der Waals surface area contributed by atoms with Gasteiger partial charge in [-0.15, -0.1) is 22.7 Å². The minimum atomic E-state index is -0.129. The van der Waals surface area contributed by atoms with Crippen molar-refractivity contribution in [3.8, 4) is 16.3 Å². The number of likely N-dealkylation sites (N-methyl/N-ethyl adjacent to an activating group) is 1. The number of hydrogen-bond donors (Lipinski definition) is 0. The predicted octanol–water partition coefficient (Wildman–Crippen LogP) is 5.64. The van der Waals surface area contributed by atoms with Crippen LogP contribution in [0.2, 0.25) is 5.15 Å². The molecule has 1 aromatic carbocycles. The molecule has 1 amide bonds.